The Balaban J connectivity index is 2.74. The standard InChI is InChI=1S/C11H13NO/c1-3-4-5-11(13)10-6-9(2)7-12-8-10/h6-8,11,13H,5H2,1-2H3. The van der Waals surface area contributed by atoms with Crippen molar-refractivity contribution in [3.05, 3.63) is 29.6 Å². The SMILES string of the molecule is CC#CCC(O)c1cncc(C)c1. The highest BCUT2D eigenvalue weighted by molar-refractivity contribution is 5.20. The van der Waals surface area contributed by atoms with Crippen LogP contribution in [-0.2, 0) is 0 Å². The van der Waals surface area contributed by atoms with E-state index in [-0.39, 0.29) is 0 Å². The monoisotopic (exact) mass is 175 g/mol. The first-order valence-corrected chi connectivity index (χ1v) is 4.23. The number of hydrogen-bond donors (Lipinski definition) is 1. The van der Waals surface area contributed by atoms with Crippen LogP contribution in [0.15, 0.2) is 18.5 Å². The summed E-state index contributed by atoms with van der Waals surface area (Å²) in [4.78, 5) is 4.01. The molecule has 1 aromatic rings. The van der Waals surface area contributed by atoms with E-state index in [4.69, 9.17) is 0 Å². The van der Waals surface area contributed by atoms with Gasteiger partial charge in [0.1, 0.15) is 0 Å². The van der Waals surface area contributed by atoms with Crippen molar-refractivity contribution in [3.8, 4) is 11.8 Å². The summed E-state index contributed by atoms with van der Waals surface area (Å²) in [7, 11) is 0. The summed E-state index contributed by atoms with van der Waals surface area (Å²) in [6.07, 6.45) is 3.40. The van der Waals surface area contributed by atoms with E-state index in [0.717, 1.165) is 11.1 Å². The number of aryl methyl sites for hydroxylation is 1. The van der Waals surface area contributed by atoms with Crippen molar-refractivity contribution in [3.63, 3.8) is 0 Å². The maximum absolute atomic E-state index is 9.63. The average Bonchev–Trinajstić information content (AvgIpc) is 2.14. The van der Waals surface area contributed by atoms with Crippen LogP contribution in [0, 0.1) is 18.8 Å². The van der Waals surface area contributed by atoms with E-state index >= 15 is 0 Å². The molecule has 0 radical (unpaired) electrons. The number of aliphatic hydroxyl groups is 1. The Hall–Kier alpha value is -1.33. The van der Waals surface area contributed by atoms with Gasteiger partial charge in [0.2, 0.25) is 0 Å². The molecule has 0 aliphatic heterocycles. The van der Waals surface area contributed by atoms with E-state index in [1.807, 2.05) is 13.0 Å². The molecule has 2 nitrogen and oxygen atoms in total. The first-order valence-electron chi connectivity index (χ1n) is 4.23. The Bertz CT molecular complexity index is 335. The number of aromatic nitrogens is 1. The molecular weight excluding hydrogens is 162 g/mol. The van der Waals surface area contributed by atoms with E-state index in [0.29, 0.717) is 6.42 Å². The van der Waals surface area contributed by atoms with Gasteiger partial charge in [-0.15, -0.1) is 11.8 Å². The summed E-state index contributed by atoms with van der Waals surface area (Å²) < 4.78 is 0. The van der Waals surface area contributed by atoms with Crippen molar-refractivity contribution >= 4 is 0 Å². The van der Waals surface area contributed by atoms with Crippen molar-refractivity contribution in [2.45, 2.75) is 26.4 Å². The Labute approximate surface area is 78.6 Å². The largest absolute Gasteiger partial charge is 0.387 e. The predicted molar refractivity (Wildman–Crippen MR) is 52.0 cm³/mol. The normalized spacial score (nSPS) is 11.6. The average molecular weight is 175 g/mol. The van der Waals surface area contributed by atoms with E-state index in [9.17, 15) is 5.11 Å². The molecule has 0 aliphatic carbocycles. The van der Waals surface area contributed by atoms with Crippen LogP contribution in [0.4, 0.5) is 0 Å². The highest BCUT2D eigenvalue weighted by atomic mass is 16.3. The number of aliphatic hydroxyl groups excluding tert-OH is 1. The van der Waals surface area contributed by atoms with Crippen molar-refractivity contribution < 1.29 is 5.11 Å². The third kappa shape index (κ3) is 2.89. The van der Waals surface area contributed by atoms with Crippen LogP contribution < -0.4 is 0 Å². The Morgan fingerprint density at radius 3 is 2.92 bits per heavy atom. The fourth-order valence-electron chi connectivity index (χ4n) is 1.08. The van der Waals surface area contributed by atoms with Gasteiger partial charge in [0.25, 0.3) is 0 Å². The van der Waals surface area contributed by atoms with Gasteiger partial charge in [-0.1, -0.05) is 6.07 Å². The molecule has 0 amide bonds. The van der Waals surface area contributed by atoms with Gasteiger partial charge in [0.15, 0.2) is 0 Å². The van der Waals surface area contributed by atoms with Crippen molar-refractivity contribution in [1.82, 2.24) is 4.98 Å². The van der Waals surface area contributed by atoms with Crippen LogP contribution in [0.5, 0.6) is 0 Å². The molecular formula is C11H13NO. The lowest BCUT2D eigenvalue weighted by molar-refractivity contribution is 0.183. The van der Waals surface area contributed by atoms with Crippen molar-refractivity contribution in [1.29, 1.82) is 0 Å². The zero-order valence-electron chi connectivity index (χ0n) is 7.91. The second kappa shape index (κ2) is 4.64. The molecule has 0 spiro atoms. The Morgan fingerprint density at radius 2 is 2.31 bits per heavy atom. The lowest BCUT2D eigenvalue weighted by atomic mass is 10.1. The second-order valence-electron chi connectivity index (χ2n) is 2.94. The molecule has 0 saturated carbocycles. The van der Waals surface area contributed by atoms with Gasteiger partial charge in [0, 0.05) is 24.4 Å². The lowest BCUT2D eigenvalue weighted by Gasteiger charge is -2.06. The van der Waals surface area contributed by atoms with Gasteiger partial charge in [-0.2, -0.15) is 0 Å². The van der Waals surface area contributed by atoms with Crippen molar-refractivity contribution in [2.24, 2.45) is 0 Å². The van der Waals surface area contributed by atoms with E-state index in [1.165, 1.54) is 0 Å². The topological polar surface area (TPSA) is 33.1 Å². The summed E-state index contributed by atoms with van der Waals surface area (Å²) in [6.45, 7) is 3.72. The first kappa shape index (κ1) is 9.76. The van der Waals surface area contributed by atoms with Gasteiger partial charge in [-0.25, -0.2) is 0 Å². The quantitative estimate of drug-likeness (QED) is 0.696. The molecule has 1 N–H and O–H groups in total. The highest BCUT2D eigenvalue weighted by Gasteiger charge is 2.05. The molecule has 68 valence electrons. The summed E-state index contributed by atoms with van der Waals surface area (Å²) in [5.74, 6) is 5.59. The van der Waals surface area contributed by atoms with E-state index < -0.39 is 6.10 Å². The minimum absolute atomic E-state index is 0.474. The van der Waals surface area contributed by atoms with Crippen LogP contribution in [-0.4, -0.2) is 10.1 Å². The van der Waals surface area contributed by atoms with Gasteiger partial charge in [-0.05, 0) is 19.4 Å². The lowest BCUT2D eigenvalue weighted by Crippen LogP contribution is -1.97. The molecule has 13 heavy (non-hydrogen) atoms. The van der Waals surface area contributed by atoms with E-state index in [1.54, 1.807) is 19.3 Å². The van der Waals surface area contributed by atoms with Gasteiger partial charge in [0.05, 0.1) is 6.10 Å². The molecule has 0 bridgehead atoms. The highest BCUT2D eigenvalue weighted by Crippen LogP contribution is 2.15. The molecule has 1 heterocycles. The molecule has 2 heteroatoms. The maximum atomic E-state index is 9.63. The fraction of sp³-hybridized carbons (Fsp3) is 0.364. The Kier molecular flexibility index (Phi) is 3.48. The molecule has 0 aliphatic rings. The maximum Gasteiger partial charge on any atom is 0.0914 e. The first-order chi connectivity index (χ1) is 6.24. The number of nitrogens with zero attached hydrogens (tertiary/aromatic N) is 1. The molecule has 1 rings (SSSR count). The fourth-order valence-corrected chi connectivity index (χ4v) is 1.08. The predicted octanol–water partition coefficient (Wildman–Crippen LogP) is 1.84. The van der Waals surface area contributed by atoms with Gasteiger partial charge >= 0.3 is 0 Å². The minimum Gasteiger partial charge on any atom is -0.387 e. The second-order valence-corrected chi connectivity index (χ2v) is 2.94. The third-order valence-electron chi connectivity index (χ3n) is 1.75. The van der Waals surface area contributed by atoms with Crippen molar-refractivity contribution in [2.75, 3.05) is 0 Å². The number of pyridine rings is 1. The smallest absolute Gasteiger partial charge is 0.0914 e. The van der Waals surface area contributed by atoms with E-state index in [2.05, 4.69) is 16.8 Å². The summed E-state index contributed by atoms with van der Waals surface area (Å²) >= 11 is 0. The molecule has 1 unspecified atom stereocenters. The molecule has 1 atom stereocenters. The van der Waals surface area contributed by atoms with Gasteiger partial charge < -0.3 is 5.11 Å². The zero-order valence-corrected chi connectivity index (χ0v) is 7.91. The van der Waals surface area contributed by atoms with Crippen LogP contribution in [0.1, 0.15) is 30.6 Å². The Morgan fingerprint density at radius 1 is 1.54 bits per heavy atom. The van der Waals surface area contributed by atoms with Crippen LogP contribution in [0.3, 0.4) is 0 Å². The number of rotatable bonds is 2. The van der Waals surface area contributed by atoms with Gasteiger partial charge in [-0.3, -0.25) is 4.98 Å². The molecule has 0 aromatic carbocycles. The summed E-state index contributed by atoms with van der Waals surface area (Å²) in [5, 5.41) is 9.63. The zero-order chi connectivity index (χ0) is 9.68. The minimum atomic E-state index is -0.514. The molecule has 1 aromatic heterocycles. The van der Waals surface area contributed by atoms with Crippen LogP contribution >= 0.6 is 0 Å². The summed E-state index contributed by atoms with van der Waals surface area (Å²) in [6, 6.07) is 1.93. The molecule has 0 saturated heterocycles. The summed E-state index contributed by atoms with van der Waals surface area (Å²) in [5.41, 5.74) is 1.89. The van der Waals surface area contributed by atoms with Crippen LogP contribution in [0.25, 0.3) is 0 Å². The van der Waals surface area contributed by atoms with Crippen LogP contribution in [0.2, 0.25) is 0 Å². The molecule has 0 fully saturated rings. The third-order valence-corrected chi connectivity index (χ3v) is 1.75. The number of hydrogen-bond acceptors (Lipinski definition) is 2.